The minimum Gasteiger partial charge on any atom is -0.312 e. The normalized spacial score (nSPS) is 15.0. The monoisotopic (exact) mass is 203 g/mol. The number of benzene rings is 1. The highest BCUT2D eigenvalue weighted by Crippen LogP contribution is 2.32. The van der Waals surface area contributed by atoms with Crippen LogP contribution in [0, 0.1) is 5.92 Å². The van der Waals surface area contributed by atoms with E-state index in [0.717, 1.165) is 31.5 Å². The Bertz CT molecular complexity index is 330. The lowest BCUT2D eigenvalue weighted by molar-refractivity contribution is -0.119. The van der Waals surface area contributed by atoms with Crippen LogP contribution in [0.15, 0.2) is 30.3 Å². The molecule has 0 bridgehead atoms. The zero-order valence-electron chi connectivity index (χ0n) is 9.15. The van der Waals surface area contributed by atoms with Crippen LogP contribution in [0.5, 0.6) is 0 Å². The fraction of sp³-hybridized carbons (Fsp3) is 0.462. The standard InChI is InChI=1S/C13H17NO/c1-2-10-14(13(15)11-8-9-11)12-6-4-3-5-7-12/h3-7,11H,2,8-10H2,1H3. The second-order valence-corrected chi connectivity index (χ2v) is 4.10. The molecule has 80 valence electrons. The van der Waals surface area contributed by atoms with Gasteiger partial charge in [0.2, 0.25) is 5.91 Å². The first-order chi connectivity index (χ1) is 7.33. The van der Waals surface area contributed by atoms with Gasteiger partial charge < -0.3 is 4.90 Å². The molecule has 15 heavy (non-hydrogen) atoms. The van der Waals surface area contributed by atoms with Gasteiger partial charge in [-0.1, -0.05) is 25.1 Å². The minimum atomic E-state index is 0.303. The van der Waals surface area contributed by atoms with Gasteiger partial charge in [-0.3, -0.25) is 4.79 Å². The molecule has 0 aliphatic heterocycles. The largest absolute Gasteiger partial charge is 0.312 e. The number of rotatable bonds is 4. The molecule has 0 aromatic heterocycles. The first-order valence-corrected chi connectivity index (χ1v) is 5.69. The number of carbonyl (C=O) groups is 1. The Kier molecular flexibility index (Phi) is 3.05. The molecule has 1 aliphatic rings. The van der Waals surface area contributed by atoms with E-state index < -0.39 is 0 Å². The fourth-order valence-corrected chi connectivity index (χ4v) is 1.75. The summed E-state index contributed by atoms with van der Waals surface area (Å²) in [4.78, 5) is 14.0. The molecule has 2 heteroatoms. The fourth-order valence-electron chi connectivity index (χ4n) is 1.75. The third-order valence-electron chi connectivity index (χ3n) is 2.71. The lowest BCUT2D eigenvalue weighted by Gasteiger charge is -2.22. The van der Waals surface area contributed by atoms with E-state index >= 15 is 0 Å². The lowest BCUT2D eigenvalue weighted by atomic mass is 10.2. The summed E-state index contributed by atoms with van der Waals surface area (Å²) in [5, 5.41) is 0. The van der Waals surface area contributed by atoms with Crippen molar-refractivity contribution < 1.29 is 4.79 Å². The maximum atomic E-state index is 12.0. The van der Waals surface area contributed by atoms with E-state index in [1.807, 2.05) is 35.2 Å². The van der Waals surface area contributed by atoms with E-state index in [0.29, 0.717) is 11.8 Å². The zero-order valence-corrected chi connectivity index (χ0v) is 9.15. The van der Waals surface area contributed by atoms with E-state index in [1.165, 1.54) is 0 Å². The van der Waals surface area contributed by atoms with E-state index in [1.54, 1.807) is 0 Å². The molecule has 0 radical (unpaired) electrons. The molecular formula is C13H17NO. The van der Waals surface area contributed by atoms with Crippen molar-refractivity contribution in [1.82, 2.24) is 0 Å². The molecular weight excluding hydrogens is 186 g/mol. The summed E-state index contributed by atoms with van der Waals surface area (Å²) in [5.41, 5.74) is 1.04. The van der Waals surface area contributed by atoms with Crippen molar-refractivity contribution in [3.8, 4) is 0 Å². The third-order valence-corrected chi connectivity index (χ3v) is 2.71. The van der Waals surface area contributed by atoms with Crippen molar-refractivity contribution >= 4 is 11.6 Å². The number of para-hydroxylation sites is 1. The predicted molar refractivity (Wildman–Crippen MR) is 61.8 cm³/mol. The average Bonchev–Trinajstić information content (AvgIpc) is 3.10. The Labute approximate surface area is 90.9 Å². The number of hydrogen-bond donors (Lipinski definition) is 0. The molecule has 1 amide bonds. The van der Waals surface area contributed by atoms with E-state index in [9.17, 15) is 4.79 Å². The molecule has 0 saturated heterocycles. The van der Waals surface area contributed by atoms with Gasteiger partial charge in [-0.25, -0.2) is 0 Å². The molecule has 0 unspecified atom stereocenters. The third kappa shape index (κ3) is 2.38. The summed E-state index contributed by atoms with van der Waals surface area (Å²) in [6.07, 6.45) is 3.16. The summed E-state index contributed by atoms with van der Waals surface area (Å²) in [5.74, 6) is 0.611. The highest BCUT2D eigenvalue weighted by molar-refractivity contribution is 5.96. The van der Waals surface area contributed by atoms with E-state index in [4.69, 9.17) is 0 Å². The van der Waals surface area contributed by atoms with Crippen LogP contribution >= 0.6 is 0 Å². The van der Waals surface area contributed by atoms with Crippen LogP contribution < -0.4 is 4.90 Å². The lowest BCUT2D eigenvalue weighted by Crippen LogP contribution is -2.32. The van der Waals surface area contributed by atoms with Crippen molar-refractivity contribution in [3.63, 3.8) is 0 Å². The highest BCUT2D eigenvalue weighted by Gasteiger charge is 2.33. The number of hydrogen-bond acceptors (Lipinski definition) is 1. The van der Waals surface area contributed by atoms with Gasteiger partial charge in [0.15, 0.2) is 0 Å². The maximum Gasteiger partial charge on any atom is 0.230 e. The Hall–Kier alpha value is -1.31. The quantitative estimate of drug-likeness (QED) is 0.736. The van der Waals surface area contributed by atoms with Crippen molar-refractivity contribution in [2.24, 2.45) is 5.92 Å². The zero-order chi connectivity index (χ0) is 10.7. The van der Waals surface area contributed by atoms with Crippen LogP contribution in [-0.2, 0) is 4.79 Å². The first kappa shape index (κ1) is 10.2. The van der Waals surface area contributed by atoms with Gasteiger partial charge in [0.05, 0.1) is 0 Å². The molecule has 1 aliphatic carbocycles. The van der Waals surface area contributed by atoms with Gasteiger partial charge in [-0.05, 0) is 31.4 Å². The summed E-state index contributed by atoms with van der Waals surface area (Å²) >= 11 is 0. The highest BCUT2D eigenvalue weighted by atomic mass is 16.2. The van der Waals surface area contributed by atoms with Gasteiger partial charge >= 0.3 is 0 Å². The van der Waals surface area contributed by atoms with Gasteiger partial charge in [0.1, 0.15) is 0 Å². The first-order valence-electron chi connectivity index (χ1n) is 5.69. The molecule has 1 aromatic rings. The summed E-state index contributed by atoms with van der Waals surface area (Å²) in [6, 6.07) is 9.97. The number of carbonyl (C=O) groups excluding carboxylic acids is 1. The molecule has 1 saturated carbocycles. The molecule has 1 aromatic carbocycles. The van der Waals surface area contributed by atoms with E-state index in [2.05, 4.69) is 6.92 Å². The Balaban J connectivity index is 2.15. The molecule has 0 N–H and O–H groups in total. The second kappa shape index (κ2) is 4.47. The predicted octanol–water partition coefficient (Wildman–Crippen LogP) is 2.84. The Morgan fingerprint density at radius 2 is 2.00 bits per heavy atom. The smallest absolute Gasteiger partial charge is 0.230 e. The van der Waals surface area contributed by atoms with Gasteiger partial charge in [0.25, 0.3) is 0 Å². The average molecular weight is 203 g/mol. The maximum absolute atomic E-state index is 12.0. The van der Waals surface area contributed by atoms with Crippen molar-refractivity contribution in [2.45, 2.75) is 26.2 Å². The number of nitrogens with zero attached hydrogens (tertiary/aromatic N) is 1. The second-order valence-electron chi connectivity index (χ2n) is 4.10. The molecule has 2 rings (SSSR count). The van der Waals surface area contributed by atoms with Crippen LogP contribution in [0.25, 0.3) is 0 Å². The molecule has 1 fully saturated rings. The van der Waals surface area contributed by atoms with Gasteiger partial charge in [-0.2, -0.15) is 0 Å². The van der Waals surface area contributed by atoms with Crippen molar-refractivity contribution in [3.05, 3.63) is 30.3 Å². The van der Waals surface area contributed by atoms with Gasteiger partial charge in [-0.15, -0.1) is 0 Å². The minimum absolute atomic E-state index is 0.303. The molecule has 0 spiro atoms. The molecule has 2 nitrogen and oxygen atoms in total. The summed E-state index contributed by atoms with van der Waals surface area (Å²) in [6.45, 7) is 2.94. The Morgan fingerprint density at radius 1 is 1.33 bits per heavy atom. The number of amides is 1. The van der Waals surface area contributed by atoms with E-state index in [-0.39, 0.29) is 0 Å². The SMILES string of the molecule is CCCN(C(=O)C1CC1)c1ccccc1. The van der Waals surface area contributed by atoms with Crippen LogP contribution in [0.2, 0.25) is 0 Å². The summed E-state index contributed by atoms with van der Waals surface area (Å²) in [7, 11) is 0. The van der Waals surface area contributed by atoms with Crippen LogP contribution in [-0.4, -0.2) is 12.5 Å². The summed E-state index contributed by atoms with van der Waals surface area (Å²) < 4.78 is 0. The van der Waals surface area contributed by atoms with Crippen molar-refractivity contribution in [1.29, 1.82) is 0 Å². The molecule has 0 heterocycles. The van der Waals surface area contributed by atoms with Gasteiger partial charge in [0, 0.05) is 18.2 Å². The Morgan fingerprint density at radius 3 is 2.53 bits per heavy atom. The van der Waals surface area contributed by atoms with Crippen LogP contribution in [0.4, 0.5) is 5.69 Å². The van der Waals surface area contributed by atoms with Crippen molar-refractivity contribution in [2.75, 3.05) is 11.4 Å². The van der Waals surface area contributed by atoms with Crippen LogP contribution in [0.1, 0.15) is 26.2 Å². The number of anilines is 1. The van der Waals surface area contributed by atoms with Crippen LogP contribution in [0.3, 0.4) is 0 Å². The topological polar surface area (TPSA) is 20.3 Å². The molecule has 0 atom stereocenters.